The minimum atomic E-state index is -0.550. The maximum Gasteiger partial charge on any atom is 0.412 e. The maximum absolute atomic E-state index is 11.8. The summed E-state index contributed by atoms with van der Waals surface area (Å²) in [6.45, 7) is 6.29. The number of carbonyl (C=O) groups excluding carboxylic acids is 2. The Bertz CT molecular complexity index is 477. The van der Waals surface area contributed by atoms with Crippen LogP contribution < -0.4 is 10.6 Å². The molecule has 1 aromatic rings. The van der Waals surface area contributed by atoms with Gasteiger partial charge < -0.3 is 14.8 Å². The van der Waals surface area contributed by atoms with Crippen molar-refractivity contribution in [3.8, 4) is 0 Å². The Balaban J connectivity index is 2.54. The van der Waals surface area contributed by atoms with Gasteiger partial charge in [0.1, 0.15) is 5.60 Å². The number of amides is 2. The molecule has 0 radical (unpaired) electrons. The van der Waals surface area contributed by atoms with E-state index in [0.717, 1.165) is 0 Å². The lowest BCUT2D eigenvalue weighted by atomic mass is 10.2. The van der Waals surface area contributed by atoms with E-state index >= 15 is 0 Å². The summed E-state index contributed by atoms with van der Waals surface area (Å²) in [5.41, 5.74) is 0.532. The molecule has 2 amide bonds. The zero-order valence-electron chi connectivity index (χ0n) is 12.9. The number of nitrogens with one attached hydrogen (secondary N) is 2. The lowest BCUT2D eigenvalue weighted by Crippen LogP contribution is -2.27. The highest BCUT2D eigenvalue weighted by Crippen LogP contribution is 2.12. The van der Waals surface area contributed by atoms with Crippen LogP contribution in [0.4, 0.5) is 10.5 Å². The molecular formula is C15H22N2O4. The van der Waals surface area contributed by atoms with Crippen LogP contribution in [-0.2, 0) is 9.47 Å². The van der Waals surface area contributed by atoms with Gasteiger partial charge in [-0.2, -0.15) is 0 Å². The van der Waals surface area contributed by atoms with Gasteiger partial charge in [0, 0.05) is 24.9 Å². The average Bonchev–Trinajstić information content (AvgIpc) is 2.37. The highest BCUT2D eigenvalue weighted by atomic mass is 16.6. The predicted molar refractivity (Wildman–Crippen MR) is 80.5 cm³/mol. The summed E-state index contributed by atoms with van der Waals surface area (Å²) in [6, 6.07) is 6.56. The first-order chi connectivity index (χ1) is 9.81. The van der Waals surface area contributed by atoms with Crippen molar-refractivity contribution in [3.05, 3.63) is 29.8 Å². The van der Waals surface area contributed by atoms with Crippen LogP contribution in [-0.4, -0.2) is 37.9 Å². The quantitative estimate of drug-likeness (QED) is 0.818. The highest BCUT2D eigenvalue weighted by molar-refractivity contribution is 5.95. The van der Waals surface area contributed by atoms with Gasteiger partial charge >= 0.3 is 6.09 Å². The Kier molecular flexibility index (Phi) is 6.17. The molecule has 2 N–H and O–H groups in total. The minimum Gasteiger partial charge on any atom is -0.444 e. The number of hydrogen-bond acceptors (Lipinski definition) is 4. The largest absolute Gasteiger partial charge is 0.444 e. The van der Waals surface area contributed by atoms with Crippen molar-refractivity contribution in [1.82, 2.24) is 5.32 Å². The molecule has 1 rings (SSSR count). The molecule has 0 aliphatic rings. The van der Waals surface area contributed by atoms with Gasteiger partial charge in [-0.25, -0.2) is 4.79 Å². The molecule has 0 saturated heterocycles. The molecule has 0 fully saturated rings. The molecule has 0 bridgehead atoms. The second-order valence-corrected chi connectivity index (χ2v) is 5.45. The lowest BCUT2D eigenvalue weighted by Gasteiger charge is -2.19. The molecule has 0 aromatic heterocycles. The van der Waals surface area contributed by atoms with E-state index in [-0.39, 0.29) is 5.91 Å². The number of anilines is 1. The van der Waals surface area contributed by atoms with Crippen molar-refractivity contribution in [2.75, 3.05) is 25.6 Å². The van der Waals surface area contributed by atoms with Crippen LogP contribution in [0, 0.1) is 0 Å². The van der Waals surface area contributed by atoms with Gasteiger partial charge in [-0.15, -0.1) is 0 Å². The topological polar surface area (TPSA) is 76.7 Å². The van der Waals surface area contributed by atoms with Crippen molar-refractivity contribution in [3.63, 3.8) is 0 Å². The average molecular weight is 294 g/mol. The van der Waals surface area contributed by atoms with Crippen LogP contribution in [0.25, 0.3) is 0 Å². The van der Waals surface area contributed by atoms with Crippen LogP contribution >= 0.6 is 0 Å². The molecule has 0 atom stereocenters. The third-order valence-electron chi connectivity index (χ3n) is 2.38. The fourth-order valence-corrected chi connectivity index (χ4v) is 1.50. The van der Waals surface area contributed by atoms with Crippen LogP contribution in [0.15, 0.2) is 24.3 Å². The fourth-order valence-electron chi connectivity index (χ4n) is 1.50. The fraction of sp³-hybridized carbons (Fsp3) is 0.467. The van der Waals surface area contributed by atoms with E-state index in [0.29, 0.717) is 24.4 Å². The number of methoxy groups -OCH3 is 1. The Morgan fingerprint density at radius 1 is 1.14 bits per heavy atom. The van der Waals surface area contributed by atoms with Crippen molar-refractivity contribution in [2.45, 2.75) is 26.4 Å². The summed E-state index contributed by atoms with van der Waals surface area (Å²) in [5, 5.41) is 5.32. The molecule has 0 heterocycles. The summed E-state index contributed by atoms with van der Waals surface area (Å²) in [7, 11) is 1.57. The number of benzene rings is 1. The van der Waals surface area contributed by atoms with E-state index in [9.17, 15) is 9.59 Å². The van der Waals surface area contributed by atoms with E-state index in [1.807, 2.05) is 0 Å². The monoisotopic (exact) mass is 294 g/mol. The molecule has 0 aliphatic carbocycles. The first kappa shape index (κ1) is 17.0. The van der Waals surface area contributed by atoms with Crippen LogP contribution in [0.3, 0.4) is 0 Å². The molecule has 6 nitrogen and oxygen atoms in total. The Labute approximate surface area is 124 Å². The first-order valence-electron chi connectivity index (χ1n) is 6.69. The summed E-state index contributed by atoms with van der Waals surface area (Å²) in [5.74, 6) is -0.184. The van der Waals surface area contributed by atoms with Gasteiger partial charge in [0.25, 0.3) is 5.91 Å². The van der Waals surface area contributed by atoms with E-state index in [2.05, 4.69) is 10.6 Å². The Morgan fingerprint density at radius 3 is 2.29 bits per heavy atom. The van der Waals surface area contributed by atoms with Crippen molar-refractivity contribution in [2.24, 2.45) is 0 Å². The standard InChI is InChI=1S/C15H22N2O4/c1-15(2,3)21-14(19)17-12-7-5-11(6-8-12)13(18)16-9-10-20-4/h5-8H,9-10H2,1-4H3,(H,16,18)(H,17,19). The van der Waals surface area contributed by atoms with Crippen LogP contribution in [0.5, 0.6) is 0 Å². The van der Waals surface area contributed by atoms with Gasteiger partial charge in [0.15, 0.2) is 0 Å². The number of carbonyl (C=O) groups is 2. The van der Waals surface area contributed by atoms with E-state index in [4.69, 9.17) is 9.47 Å². The Hall–Kier alpha value is -2.08. The zero-order chi connectivity index (χ0) is 15.9. The van der Waals surface area contributed by atoms with Gasteiger partial charge in [0.05, 0.1) is 6.61 Å². The minimum absolute atomic E-state index is 0.184. The smallest absolute Gasteiger partial charge is 0.412 e. The molecule has 116 valence electrons. The summed E-state index contributed by atoms with van der Waals surface area (Å²) < 4.78 is 10.00. The third kappa shape index (κ3) is 6.76. The van der Waals surface area contributed by atoms with E-state index < -0.39 is 11.7 Å². The molecule has 0 aliphatic heterocycles. The summed E-state index contributed by atoms with van der Waals surface area (Å²) in [4.78, 5) is 23.4. The molecule has 0 saturated carbocycles. The second kappa shape index (κ2) is 7.64. The molecule has 1 aromatic carbocycles. The van der Waals surface area contributed by atoms with Crippen molar-refractivity contribution < 1.29 is 19.1 Å². The summed E-state index contributed by atoms with van der Waals surface area (Å²) >= 11 is 0. The number of rotatable bonds is 5. The molecule has 0 unspecified atom stereocenters. The van der Waals surface area contributed by atoms with E-state index in [1.165, 1.54) is 0 Å². The Morgan fingerprint density at radius 2 is 1.76 bits per heavy atom. The number of ether oxygens (including phenoxy) is 2. The van der Waals surface area contributed by atoms with Crippen LogP contribution in [0.1, 0.15) is 31.1 Å². The van der Waals surface area contributed by atoms with E-state index in [1.54, 1.807) is 52.1 Å². The highest BCUT2D eigenvalue weighted by Gasteiger charge is 2.16. The first-order valence-corrected chi connectivity index (χ1v) is 6.69. The van der Waals surface area contributed by atoms with Gasteiger partial charge in [0.2, 0.25) is 0 Å². The molecular weight excluding hydrogens is 272 g/mol. The molecule has 0 spiro atoms. The molecule has 21 heavy (non-hydrogen) atoms. The third-order valence-corrected chi connectivity index (χ3v) is 2.38. The van der Waals surface area contributed by atoms with Crippen molar-refractivity contribution in [1.29, 1.82) is 0 Å². The van der Waals surface area contributed by atoms with Gasteiger partial charge in [-0.05, 0) is 45.0 Å². The normalized spacial score (nSPS) is 10.9. The van der Waals surface area contributed by atoms with Crippen LogP contribution in [0.2, 0.25) is 0 Å². The zero-order valence-corrected chi connectivity index (χ0v) is 12.9. The van der Waals surface area contributed by atoms with Gasteiger partial charge in [-0.1, -0.05) is 0 Å². The maximum atomic E-state index is 11.8. The molecule has 6 heteroatoms. The lowest BCUT2D eigenvalue weighted by molar-refractivity contribution is 0.0636. The summed E-state index contributed by atoms with van der Waals surface area (Å²) in [6.07, 6.45) is -0.528. The second-order valence-electron chi connectivity index (χ2n) is 5.45. The predicted octanol–water partition coefficient (Wildman–Crippen LogP) is 2.41. The van der Waals surface area contributed by atoms with Gasteiger partial charge in [-0.3, -0.25) is 10.1 Å². The number of hydrogen-bond donors (Lipinski definition) is 2. The SMILES string of the molecule is COCCNC(=O)c1ccc(NC(=O)OC(C)(C)C)cc1. The van der Waals surface area contributed by atoms with Crippen molar-refractivity contribution >= 4 is 17.7 Å².